The number of phosphoric acid groups is 1. The molecule has 0 heterocycles. The molecule has 0 aliphatic heterocycles. The van der Waals surface area contributed by atoms with Gasteiger partial charge in [-0.2, -0.15) is 0 Å². The summed E-state index contributed by atoms with van der Waals surface area (Å²) in [5, 5.41) is 14.1. The second-order valence-corrected chi connectivity index (χ2v) is 25.3. The minimum absolute atomic E-state index is 0.0794. The molecule has 0 saturated heterocycles. The van der Waals surface area contributed by atoms with Crippen molar-refractivity contribution in [3.05, 3.63) is 0 Å². The summed E-state index contributed by atoms with van der Waals surface area (Å²) in [5.74, 6) is -0.134. The van der Waals surface area contributed by atoms with Crippen molar-refractivity contribution in [3.8, 4) is 0 Å². The highest BCUT2D eigenvalue weighted by molar-refractivity contribution is 7.47. The van der Waals surface area contributed by atoms with Crippen molar-refractivity contribution in [2.45, 2.75) is 360 Å². The predicted octanol–water partition coefficient (Wildman–Crippen LogP) is 20.0. The van der Waals surface area contributed by atoms with Gasteiger partial charge in [0.25, 0.3) is 0 Å². The number of amides is 1. The molecule has 0 fully saturated rings. The molecular weight excluding hydrogens is 912 g/mol. The largest absolute Gasteiger partial charge is 0.472 e. The van der Waals surface area contributed by atoms with Crippen molar-refractivity contribution in [2.24, 2.45) is 0 Å². The Balaban J connectivity index is 4.04. The Bertz CT molecular complexity index is 1140. The summed E-state index contributed by atoms with van der Waals surface area (Å²) < 4.78 is 23.9. The van der Waals surface area contributed by atoms with Gasteiger partial charge in [0.05, 0.1) is 39.9 Å². The number of nitrogens with one attached hydrogen (secondary N) is 1. The Hall–Kier alpha value is -0.500. The van der Waals surface area contributed by atoms with E-state index in [2.05, 4.69) is 19.2 Å². The minimum Gasteiger partial charge on any atom is -0.391 e. The third kappa shape index (κ3) is 57.2. The first kappa shape index (κ1) is 71.5. The molecule has 1 amide bonds. The molecule has 0 aliphatic rings. The van der Waals surface area contributed by atoms with Gasteiger partial charge in [-0.1, -0.05) is 328 Å². The fourth-order valence-electron chi connectivity index (χ4n) is 10.3. The van der Waals surface area contributed by atoms with Gasteiger partial charge in [-0.05, 0) is 12.8 Å². The number of unbranched alkanes of at least 4 members (excludes halogenated alkanes) is 48. The van der Waals surface area contributed by atoms with Crippen LogP contribution in [0.25, 0.3) is 0 Å². The number of likely N-dealkylation sites (N-methyl/N-ethyl adjacent to an activating group) is 1. The molecule has 0 saturated carbocycles. The molecule has 72 heavy (non-hydrogen) atoms. The van der Waals surface area contributed by atoms with Crippen LogP contribution in [0, 0.1) is 0 Å². The zero-order chi connectivity index (χ0) is 52.7. The first-order valence-electron chi connectivity index (χ1n) is 32.4. The van der Waals surface area contributed by atoms with E-state index in [1.807, 2.05) is 21.1 Å². The van der Waals surface area contributed by atoms with Crippen LogP contribution in [0.15, 0.2) is 0 Å². The lowest BCUT2D eigenvalue weighted by Crippen LogP contribution is -2.46. The summed E-state index contributed by atoms with van der Waals surface area (Å²) in [7, 11) is 1.64. The van der Waals surface area contributed by atoms with Gasteiger partial charge in [0.2, 0.25) is 5.91 Å². The maximum atomic E-state index is 13.0. The SMILES string of the molecule is CCCCCCCCCCCCCCCCCCCCCCCCCCCCC(=O)NC(COP(=O)(O)OCC[N+](C)(C)C)C(O)CCCCCCCCCCCCCCCCCCCCCCCCCC. The third-order valence-corrected chi connectivity index (χ3v) is 16.3. The van der Waals surface area contributed by atoms with Crippen molar-refractivity contribution in [2.75, 3.05) is 40.9 Å². The molecule has 0 radical (unpaired) electrons. The van der Waals surface area contributed by atoms with Crippen LogP contribution in [-0.4, -0.2) is 73.4 Å². The fraction of sp³-hybridized carbons (Fsp3) is 0.984. The molecule has 0 aliphatic carbocycles. The van der Waals surface area contributed by atoms with Gasteiger partial charge in [0.1, 0.15) is 13.2 Å². The highest BCUT2D eigenvalue weighted by Gasteiger charge is 2.28. The summed E-state index contributed by atoms with van der Waals surface area (Å²) in [6, 6.07) is -0.756. The smallest absolute Gasteiger partial charge is 0.391 e. The number of aliphatic hydroxyl groups excluding tert-OH is 1. The minimum atomic E-state index is -4.32. The first-order chi connectivity index (χ1) is 35.0. The number of carbonyl (C=O) groups excluding carboxylic acids is 1. The monoisotopic (exact) mass is 1040 g/mol. The van der Waals surface area contributed by atoms with Crippen LogP contribution in [0.1, 0.15) is 348 Å². The summed E-state index contributed by atoms with van der Waals surface area (Å²) in [6.45, 7) is 4.96. The Morgan fingerprint density at radius 3 is 0.931 bits per heavy atom. The zero-order valence-corrected chi connectivity index (χ0v) is 50.4. The maximum absolute atomic E-state index is 13.0. The van der Waals surface area contributed by atoms with E-state index in [1.165, 1.54) is 283 Å². The second-order valence-electron chi connectivity index (χ2n) is 23.9. The van der Waals surface area contributed by atoms with Crippen LogP contribution in [0.5, 0.6) is 0 Å². The van der Waals surface area contributed by atoms with Crippen molar-refractivity contribution in [1.29, 1.82) is 0 Å². The molecule has 0 aromatic heterocycles. The fourth-order valence-corrected chi connectivity index (χ4v) is 11.0. The van der Waals surface area contributed by atoms with Crippen LogP contribution in [-0.2, 0) is 18.4 Å². The van der Waals surface area contributed by atoms with Gasteiger partial charge in [-0.15, -0.1) is 0 Å². The van der Waals surface area contributed by atoms with Crippen molar-refractivity contribution >= 4 is 13.7 Å². The van der Waals surface area contributed by atoms with Crippen LogP contribution in [0.4, 0.5) is 0 Å². The van der Waals surface area contributed by atoms with E-state index in [0.717, 1.165) is 38.5 Å². The first-order valence-corrected chi connectivity index (χ1v) is 33.9. The molecular formula is C63H130N2O6P+. The van der Waals surface area contributed by atoms with E-state index in [9.17, 15) is 19.4 Å². The summed E-state index contributed by atoms with van der Waals surface area (Å²) in [6.07, 6.45) is 67.5. The molecule has 0 bridgehead atoms. The van der Waals surface area contributed by atoms with Crippen LogP contribution in [0.3, 0.4) is 0 Å². The van der Waals surface area contributed by atoms with Crippen LogP contribution in [0.2, 0.25) is 0 Å². The normalized spacial score (nSPS) is 13.7. The molecule has 3 N–H and O–H groups in total. The summed E-state index contributed by atoms with van der Waals surface area (Å²) in [5.41, 5.74) is 0. The molecule has 8 nitrogen and oxygen atoms in total. The molecule has 0 aromatic carbocycles. The van der Waals surface area contributed by atoms with Crippen LogP contribution >= 0.6 is 7.82 Å². The molecule has 0 aromatic rings. The standard InChI is InChI=1S/C63H129N2O6P/c1-6-8-10-12-14-16-18-20-22-24-26-28-30-32-33-35-37-39-41-43-45-47-49-51-53-55-57-63(67)64-61(60-71-72(68,69)70-59-58-65(3,4)5)62(66)56-54-52-50-48-46-44-42-40-38-36-34-31-29-27-25-23-21-19-17-15-13-11-9-7-2/h61-62,66H,6-60H2,1-5H3,(H-,64,67,68,69)/p+1. The van der Waals surface area contributed by atoms with Gasteiger partial charge in [0.15, 0.2) is 0 Å². The van der Waals surface area contributed by atoms with Crippen LogP contribution < -0.4 is 5.32 Å². The Kier molecular flexibility index (Phi) is 54.9. The van der Waals surface area contributed by atoms with E-state index in [1.54, 1.807) is 0 Å². The molecule has 3 atom stereocenters. The number of hydrogen-bond donors (Lipinski definition) is 3. The van der Waals surface area contributed by atoms with Gasteiger partial charge in [0, 0.05) is 6.42 Å². The number of rotatable bonds is 61. The molecule has 3 unspecified atom stereocenters. The van der Waals surface area contributed by atoms with Gasteiger partial charge in [-0.25, -0.2) is 4.57 Å². The lowest BCUT2D eigenvalue weighted by atomic mass is 10.0. The van der Waals surface area contributed by atoms with Gasteiger partial charge in [-0.3, -0.25) is 13.8 Å². The Labute approximate surface area is 450 Å². The summed E-state index contributed by atoms with van der Waals surface area (Å²) >= 11 is 0. The number of carbonyl (C=O) groups is 1. The van der Waals surface area contributed by atoms with E-state index in [4.69, 9.17) is 9.05 Å². The quantitative estimate of drug-likeness (QED) is 0.0318. The number of nitrogens with zero attached hydrogens (tertiary/aromatic N) is 1. The summed E-state index contributed by atoms with van der Waals surface area (Å²) in [4.78, 5) is 23.4. The van der Waals surface area contributed by atoms with Gasteiger partial charge < -0.3 is 19.8 Å². The lowest BCUT2D eigenvalue weighted by molar-refractivity contribution is -0.870. The Morgan fingerprint density at radius 2 is 0.667 bits per heavy atom. The van der Waals surface area contributed by atoms with E-state index in [0.29, 0.717) is 23.9 Å². The highest BCUT2D eigenvalue weighted by atomic mass is 31.2. The van der Waals surface area contributed by atoms with E-state index < -0.39 is 20.0 Å². The third-order valence-electron chi connectivity index (χ3n) is 15.4. The van der Waals surface area contributed by atoms with E-state index >= 15 is 0 Å². The molecule has 9 heteroatoms. The average molecular weight is 1040 g/mol. The molecule has 0 spiro atoms. The number of phosphoric ester groups is 1. The van der Waals surface area contributed by atoms with Gasteiger partial charge >= 0.3 is 7.82 Å². The van der Waals surface area contributed by atoms with Crippen molar-refractivity contribution in [1.82, 2.24) is 5.32 Å². The van der Waals surface area contributed by atoms with E-state index in [-0.39, 0.29) is 19.1 Å². The molecule has 0 rings (SSSR count). The lowest BCUT2D eigenvalue weighted by Gasteiger charge is -2.26. The number of aliphatic hydroxyl groups is 1. The predicted molar refractivity (Wildman–Crippen MR) is 314 cm³/mol. The second kappa shape index (κ2) is 55.3. The zero-order valence-electron chi connectivity index (χ0n) is 49.5. The molecule has 432 valence electrons. The number of quaternary nitrogens is 1. The highest BCUT2D eigenvalue weighted by Crippen LogP contribution is 2.43. The average Bonchev–Trinajstić information content (AvgIpc) is 3.34. The Morgan fingerprint density at radius 1 is 0.417 bits per heavy atom. The number of hydrogen-bond acceptors (Lipinski definition) is 5. The van der Waals surface area contributed by atoms with Crippen molar-refractivity contribution < 1.29 is 32.9 Å². The maximum Gasteiger partial charge on any atom is 0.472 e. The van der Waals surface area contributed by atoms with Crippen molar-refractivity contribution in [3.63, 3.8) is 0 Å². The topological polar surface area (TPSA) is 105 Å².